The third kappa shape index (κ3) is 4.20. The van der Waals surface area contributed by atoms with E-state index in [0.717, 1.165) is 0 Å². The molecule has 0 saturated carbocycles. The zero-order valence-corrected chi connectivity index (χ0v) is 14.6. The maximum absolute atomic E-state index is 12.6. The first-order chi connectivity index (χ1) is 11.8. The maximum Gasteiger partial charge on any atom is 0.317 e. The Hall–Kier alpha value is -2.77. The number of para-hydroxylation sites is 2. The molecule has 1 heterocycles. The fourth-order valence-corrected chi connectivity index (χ4v) is 2.74. The second kappa shape index (κ2) is 7.87. The number of nitrogens with one attached hydrogen (secondary N) is 1. The Balaban J connectivity index is 2.00. The van der Waals surface area contributed by atoms with Crippen molar-refractivity contribution < 1.29 is 24.2 Å². The van der Waals surface area contributed by atoms with E-state index in [1.807, 2.05) is 12.1 Å². The van der Waals surface area contributed by atoms with Gasteiger partial charge in [-0.1, -0.05) is 19.1 Å². The van der Waals surface area contributed by atoms with Crippen LogP contribution >= 0.6 is 0 Å². The van der Waals surface area contributed by atoms with Crippen LogP contribution in [0.1, 0.15) is 13.3 Å². The number of carboxylic acid groups (broad SMARTS) is 1. The molecular formula is C17H23N3O5. The average molecular weight is 349 g/mol. The minimum Gasteiger partial charge on any atom is -0.495 e. The summed E-state index contributed by atoms with van der Waals surface area (Å²) in [6.45, 7) is 2.06. The van der Waals surface area contributed by atoms with Gasteiger partial charge in [-0.2, -0.15) is 0 Å². The van der Waals surface area contributed by atoms with E-state index in [-0.39, 0.29) is 12.5 Å². The number of benzene rings is 1. The van der Waals surface area contributed by atoms with E-state index < -0.39 is 24.0 Å². The summed E-state index contributed by atoms with van der Waals surface area (Å²) >= 11 is 0. The number of methoxy groups -OCH3 is 1. The number of hydrogen-bond acceptors (Lipinski definition) is 4. The lowest BCUT2D eigenvalue weighted by molar-refractivity contribution is -0.141. The Labute approximate surface area is 146 Å². The van der Waals surface area contributed by atoms with Gasteiger partial charge in [-0.05, 0) is 18.6 Å². The molecule has 0 bridgehead atoms. The van der Waals surface area contributed by atoms with Crippen molar-refractivity contribution >= 4 is 23.6 Å². The molecule has 2 rings (SSSR count). The maximum atomic E-state index is 12.6. The van der Waals surface area contributed by atoms with E-state index in [0.29, 0.717) is 24.4 Å². The Morgan fingerprint density at radius 1 is 1.44 bits per heavy atom. The normalized spacial score (nSPS) is 18.0. The van der Waals surface area contributed by atoms with Gasteiger partial charge in [0.25, 0.3) is 0 Å². The molecule has 0 aromatic heterocycles. The Kier molecular flexibility index (Phi) is 5.84. The third-order valence-corrected chi connectivity index (χ3v) is 4.20. The first-order valence-electron chi connectivity index (χ1n) is 8.04. The van der Waals surface area contributed by atoms with Crippen LogP contribution in [-0.4, -0.2) is 61.2 Å². The number of rotatable bonds is 6. The highest BCUT2D eigenvalue weighted by Gasteiger charge is 2.35. The van der Waals surface area contributed by atoms with Crippen LogP contribution in [0.25, 0.3) is 0 Å². The number of carboxylic acids is 1. The molecule has 1 aliphatic heterocycles. The smallest absolute Gasteiger partial charge is 0.317 e. The lowest BCUT2D eigenvalue weighted by atomic mass is 10.2. The third-order valence-electron chi connectivity index (χ3n) is 4.20. The quantitative estimate of drug-likeness (QED) is 0.803. The van der Waals surface area contributed by atoms with Gasteiger partial charge in [0, 0.05) is 20.1 Å². The van der Waals surface area contributed by atoms with Crippen molar-refractivity contribution in [2.24, 2.45) is 5.92 Å². The molecule has 1 aromatic carbocycles. The van der Waals surface area contributed by atoms with Gasteiger partial charge in [0.15, 0.2) is 0 Å². The molecule has 136 valence electrons. The van der Waals surface area contributed by atoms with E-state index in [9.17, 15) is 14.4 Å². The summed E-state index contributed by atoms with van der Waals surface area (Å²) in [4.78, 5) is 38.5. The van der Waals surface area contributed by atoms with Gasteiger partial charge >= 0.3 is 12.0 Å². The SMILES string of the molecule is COc1ccccc1N1CCC(NC(=O)N(C)CC(C)C(=O)O)C1=O. The zero-order valence-electron chi connectivity index (χ0n) is 14.6. The van der Waals surface area contributed by atoms with Crippen LogP contribution in [0.5, 0.6) is 5.75 Å². The predicted octanol–water partition coefficient (Wildman–Crippen LogP) is 1.16. The van der Waals surface area contributed by atoms with Crippen molar-refractivity contribution in [1.82, 2.24) is 10.2 Å². The monoisotopic (exact) mass is 349 g/mol. The van der Waals surface area contributed by atoms with Crippen molar-refractivity contribution in [3.05, 3.63) is 24.3 Å². The largest absolute Gasteiger partial charge is 0.495 e. The molecule has 2 N–H and O–H groups in total. The van der Waals surface area contributed by atoms with E-state index in [1.54, 1.807) is 17.0 Å². The fourth-order valence-electron chi connectivity index (χ4n) is 2.74. The van der Waals surface area contributed by atoms with Crippen molar-refractivity contribution in [3.63, 3.8) is 0 Å². The minimum atomic E-state index is -0.973. The topological polar surface area (TPSA) is 99.2 Å². The number of urea groups is 1. The average Bonchev–Trinajstić information content (AvgIpc) is 2.95. The van der Waals surface area contributed by atoms with Crippen LogP contribution in [0.15, 0.2) is 24.3 Å². The van der Waals surface area contributed by atoms with Crippen LogP contribution in [-0.2, 0) is 9.59 Å². The van der Waals surface area contributed by atoms with E-state index >= 15 is 0 Å². The van der Waals surface area contributed by atoms with Crippen LogP contribution in [0.3, 0.4) is 0 Å². The van der Waals surface area contributed by atoms with Crippen molar-refractivity contribution in [3.8, 4) is 5.75 Å². The highest BCUT2D eigenvalue weighted by atomic mass is 16.5. The minimum absolute atomic E-state index is 0.0678. The van der Waals surface area contributed by atoms with Gasteiger partial charge in [-0.15, -0.1) is 0 Å². The number of anilines is 1. The van der Waals surface area contributed by atoms with Crippen LogP contribution < -0.4 is 15.0 Å². The van der Waals surface area contributed by atoms with E-state index in [1.165, 1.54) is 26.0 Å². The molecule has 0 radical (unpaired) electrons. The molecular weight excluding hydrogens is 326 g/mol. The first kappa shape index (κ1) is 18.6. The molecule has 25 heavy (non-hydrogen) atoms. The molecule has 1 saturated heterocycles. The molecule has 0 spiro atoms. The van der Waals surface area contributed by atoms with Gasteiger partial charge in [-0.3, -0.25) is 9.59 Å². The van der Waals surface area contributed by atoms with Crippen LogP contribution in [0, 0.1) is 5.92 Å². The number of carbonyl (C=O) groups is 3. The molecule has 1 fully saturated rings. The summed E-state index contributed by atoms with van der Waals surface area (Å²) in [5.41, 5.74) is 0.666. The summed E-state index contributed by atoms with van der Waals surface area (Å²) in [5.74, 6) is -1.27. The van der Waals surface area contributed by atoms with Crippen molar-refractivity contribution in [1.29, 1.82) is 0 Å². The number of nitrogens with zero attached hydrogens (tertiary/aromatic N) is 2. The lowest BCUT2D eigenvalue weighted by Gasteiger charge is -2.23. The molecule has 2 atom stereocenters. The second-order valence-corrected chi connectivity index (χ2v) is 6.07. The molecule has 3 amide bonds. The Morgan fingerprint density at radius 3 is 2.76 bits per heavy atom. The highest BCUT2D eigenvalue weighted by Crippen LogP contribution is 2.31. The molecule has 2 unspecified atom stereocenters. The Morgan fingerprint density at radius 2 is 2.12 bits per heavy atom. The number of hydrogen-bond donors (Lipinski definition) is 2. The van der Waals surface area contributed by atoms with Gasteiger partial charge in [0.2, 0.25) is 5.91 Å². The number of amides is 3. The summed E-state index contributed by atoms with van der Waals surface area (Å²) in [6.07, 6.45) is 0.477. The van der Waals surface area contributed by atoms with Gasteiger partial charge in [-0.25, -0.2) is 4.79 Å². The Bertz CT molecular complexity index is 663. The summed E-state index contributed by atoms with van der Waals surface area (Å²) in [6, 6.07) is 6.10. The first-order valence-corrected chi connectivity index (χ1v) is 8.04. The van der Waals surface area contributed by atoms with Crippen LogP contribution in [0.4, 0.5) is 10.5 Å². The predicted molar refractivity (Wildman–Crippen MR) is 91.7 cm³/mol. The number of aliphatic carboxylic acids is 1. The lowest BCUT2D eigenvalue weighted by Crippen LogP contribution is -2.48. The zero-order chi connectivity index (χ0) is 18.6. The number of carbonyl (C=O) groups excluding carboxylic acids is 2. The standard InChI is InChI=1S/C17H23N3O5/c1-11(16(22)23)10-19(2)17(24)18-12-8-9-20(15(12)21)13-6-4-5-7-14(13)25-3/h4-7,11-12H,8-10H2,1-3H3,(H,18,24)(H,22,23). The molecule has 0 aliphatic carbocycles. The molecule has 1 aliphatic rings. The number of ether oxygens (including phenoxy) is 1. The van der Waals surface area contributed by atoms with E-state index in [2.05, 4.69) is 5.32 Å². The van der Waals surface area contributed by atoms with Crippen LogP contribution in [0.2, 0.25) is 0 Å². The summed E-state index contributed by atoms with van der Waals surface area (Å²) in [5, 5.41) is 11.6. The highest BCUT2D eigenvalue weighted by molar-refractivity contribution is 6.02. The fraction of sp³-hybridized carbons (Fsp3) is 0.471. The molecule has 8 heteroatoms. The van der Waals surface area contributed by atoms with Gasteiger partial charge < -0.3 is 25.0 Å². The second-order valence-electron chi connectivity index (χ2n) is 6.07. The van der Waals surface area contributed by atoms with E-state index in [4.69, 9.17) is 9.84 Å². The molecule has 1 aromatic rings. The van der Waals surface area contributed by atoms with Crippen molar-refractivity contribution in [2.75, 3.05) is 32.1 Å². The summed E-state index contributed by atoms with van der Waals surface area (Å²) < 4.78 is 5.28. The summed E-state index contributed by atoms with van der Waals surface area (Å²) in [7, 11) is 3.05. The molecule has 8 nitrogen and oxygen atoms in total. The van der Waals surface area contributed by atoms with Crippen molar-refractivity contribution in [2.45, 2.75) is 19.4 Å². The van der Waals surface area contributed by atoms with Gasteiger partial charge in [0.05, 0.1) is 18.7 Å². The van der Waals surface area contributed by atoms with Gasteiger partial charge in [0.1, 0.15) is 11.8 Å².